The Morgan fingerprint density at radius 2 is 2.00 bits per heavy atom. The lowest BCUT2D eigenvalue weighted by Gasteiger charge is -2.23. The van der Waals surface area contributed by atoms with Crippen LogP contribution in [-0.2, 0) is 16.0 Å². The van der Waals surface area contributed by atoms with E-state index in [1.54, 1.807) is 23.2 Å². The third kappa shape index (κ3) is 2.91. The molecule has 8 nitrogen and oxygen atoms in total. The number of imidazole rings is 1. The third-order valence-electron chi connectivity index (χ3n) is 4.71. The van der Waals surface area contributed by atoms with Crippen molar-refractivity contribution in [2.24, 2.45) is 0 Å². The highest BCUT2D eigenvalue weighted by atomic mass is 35.5. The molecular formula is C18H16ClN5O3. The Hall–Kier alpha value is -2.68. The van der Waals surface area contributed by atoms with Crippen LogP contribution in [0.5, 0.6) is 0 Å². The minimum absolute atomic E-state index is 0.157. The molecule has 2 N–H and O–H groups in total. The van der Waals surface area contributed by atoms with Crippen molar-refractivity contribution in [3.8, 4) is 11.1 Å². The number of fused-ring (bicyclic) bond motifs is 2. The number of rotatable bonds is 3. The van der Waals surface area contributed by atoms with Crippen LogP contribution in [0.1, 0.15) is 0 Å². The van der Waals surface area contributed by atoms with Crippen molar-refractivity contribution in [3.63, 3.8) is 0 Å². The molecule has 0 radical (unpaired) electrons. The molecule has 0 saturated carbocycles. The second-order valence-electron chi connectivity index (χ2n) is 6.46. The van der Waals surface area contributed by atoms with Crippen molar-refractivity contribution in [1.82, 2.24) is 24.5 Å². The molecule has 0 aromatic carbocycles. The first-order chi connectivity index (χ1) is 13.2. The SMILES string of the molecule is O=c1[nH]c2ncc(-c3cnc4[nH]cc(Cl)c4c3)cc2n1C[C@H]1COCCO1. The highest BCUT2D eigenvalue weighted by molar-refractivity contribution is 6.35. The number of ether oxygens (including phenoxy) is 2. The fourth-order valence-corrected chi connectivity index (χ4v) is 3.55. The zero-order valence-electron chi connectivity index (χ0n) is 14.2. The molecule has 27 heavy (non-hydrogen) atoms. The molecule has 1 fully saturated rings. The highest BCUT2D eigenvalue weighted by Gasteiger charge is 2.18. The number of hydrogen-bond donors (Lipinski definition) is 2. The van der Waals surface area contributed by atoms with Gasteiger partial charge in [-0.15, -0.1) is 0 Å². The van der Waals surface area contributed by atoms with Gasteiger partial charge in [0, 0.05) is 35.1 Å². The van der Waals surface area contributed by atoms with Gasteiger partial charge < -0.3 is 14.5 Å². The number of pyridine rings is 2. The molecule has 138 valence electrons. The summed E-state index contributed by atoms with van der Waals surface area (Å²) >= 11 is 6.20. The monoisotopic (exact) mass is 385 g/mol. The Morgan fingerprint density at radius 3 is 2.81 bits per heavy atom. The summed E-state index contributed by atoms with van der Waals surface area (Å²) in [4.78, 5) is 27.0. The number of nitrogens with one attached hydrogen (secondary N) is 2. The standard InChI is InChI=1S/C18H16ClN5O3/c19-14-7-22-16-13(14)3-10(5-20-16)11-4-15-17(21-6-11)23-18(25)24(15)8-12-9-26-1-2-27-12/h3-7,12H,1-2,8-9H2,(H,20,22)(H,21,23,25)/t12-/m0/s1. The summed E-state index contributed by atoms with van der Waals surface area (Å²) in [5, 5.41) is 1.45. The second-order valence-corrected chi connectivity index (χ2v) is 6.86. The number of nitrogens with zero attached hydrogens (tertiary/aromatic N) is 3. The molecular weight excluding hydrogens is 370 g/mol. The highest BCUT2D eigenvalue weighted by Crippen LogP contribution is 2.28. The fourth-order valence-electron chi connectivity index (χ4n) is 3.35. The van der Waals surface area contributed by atoms with Crippen molar-refractivity contribution < 1.29 is 9.47 Å². The zero-order valence-corrected chi connectivity index (χ0v) is 15.0. The molecule has 1 aliphatic heterocycles. The van der Waals surface area contributed by atoms with Crippen LogP contribution in [0.2, 0.25) is 5.02 Å². The molecule has 1 atom stereocenters. The summed E-state index contributed by atoms with van der Waals surface area (Å²) < 4.78 is 12.7. The maximum Gasteiger partial charge on any atom is 0.327 e. The first kappa shape index (κ1) is 16.5. The minimum Gasteiger partial charge on any atom is -0.376 e. The number of hydrogen-bond acceptors (Lipinski definition) is 5. The quantitative estimate of drug-likeness (QED) is 0.564. The van der Waals surface area contributed by atoms with Crippen molar-refractivity contribution >= 4 is 33.8 Å². The largest absolute Gasteiger partial charge is 0.376 e. The van der Waals surface area contributed by atoms with E-state index in [1.807, 2.05) is 12.1 Å². The predicted molar refractivity (Wildman–Crippen MR) is 101 cm³/mol. The van der Waals surface area contributed by atoms with E-state index < -0.39 is 0 Å². The first-order valence-electron chi connectivity index (χ1n) is 8.60. The van der Waals surface area contributed by atoms with Crippen LogP contribution in [0, 0.1) is 0 Å². The number of aromatic amines is 2. The Balaban J connectivity index is 1.58. The fraction of sp³-hybridized carbons (Fsp3) is 0.278. The summed E-state index contributed by atoms with van der Waals surface area (Å²) in [7, 11) is 0. The van der Waals surface area contributed by atoms with Gasteiger partial charge in [-0.05, 0) is 12.1 Å². The lowest BCUT2D eigenvalue weighted by molar-refractivity contribution is -0.0934. The van der Waals surface area contributed by atoms with Gasteiger partial charge >= 0.3 is 5.69 Å². The van der Waals surface area contributed by atoms with Crippen LogP contribution >= 0.6 is 11.6 Å². The van der Waals surface area contributed by atoms with E-state index in [4.69, 9.17) is 21.1 Å². The topological polar surface area (TPSA) is 97.8 Å². The van der Waals surface area contributed by atoms with Gasteiger partial charge in [0.1, 0.15) is 5.65 Å². The van der Waals surface area contributed by atoms with Crippen LogP contribution in [0.25, 0.3) is 33.3 Å². The van der Waals surface area contributed by atoms with Gasteiger partial charge in [-0.1, -0.05) is 11.6 Å². The molecule has 0 amide bonds. The minimum atomic E-state index is -0.217. The lowest BCUT2D eigenvalue weighted by Crippen LogP contribution is -2.34. The van der Waals surface area contributed by atoms with E-state index in [1.165, 1.54) is 0 Å². The van der Waals surface area contributed by atoms with E-state index in [9.17, 15) is 4.79 Å². The average Bonchev–Trinajstić information content (AvgIpc) is 3.22. The van der Waals surface area contributed by atoms with E-state index in [2.05, 4.69) is 19.9 Å². The average molecular weight is 386 g/mol. The second kappa shape index (κ2) is 6.49. The maximum atomic E-state index is 12.4. The Labute approximate surface area is 158 Å². The van der Waals surface area contributed by atoms with Crippen molar-refractivity contribution in [2.75, 3.05) is 19.8 Å². The van der Waals surface area contributed by atoms with E-state index in [-0.39, 0.29) is 11.8 Å². The first-order valence-corrected chi connectivity index (χ1v) is 8.98. The van der Waals surface area contributed by atoms with Crippen LogP contribution in [0.3, 0.4) is 0 Å². The van der Waals surface area contributed by atoms with Gasteiger partial charge in [0.15, 0.2) is 5.65 Å². The third-order valence-corrected chi connectivity index (χ3v) is 5.03. The van der Waals surface area contributed by atoms with Crippen molar-refractivity contribution in [3.05, 3.63) is 46.2 Å². The molecule has 5 rings (SSSR count). The number of halogens is 1. The van der Waals surface area contributed by atoms with E-state index >= 15 is 0 Å². The number of aromatic nitrogens is 5. The Morgan fingerprint density at radius 1 is 1.19 bits per heavy atom. The summed E-state index contributed by atoms with van der Waals surface area (Å²) in [5.41, 5.74) is 3.48. The summed E-state index contributed by atoms with van der Waals surface area (Å²) in [6, 6.07) is 3.88. The normalized spacial score (nSPS) is 17.7. The molecule has 1 saturated heterocycles. The van der Waals surface area contributed by atoms with Crippen LogP contribution in [0.15, 0.2) is 35.5 Å². The van der Waals surface area contributed by atoms with Crippen LogP contribution in [0.4, 0.5) is 0 Å². The molecule has 0 unspecified atom stereocenters. The van der Waals surface area contributed by atoms with Gasteiger partial charge in [0.2, 0.25) is 0 Å². The molecule has 0 bridgehead atoms. The van der Waals surface area contributed by atoms with Crippen molar-refractivity contribution in [1.29, 1.82) is 0 Å². The number of H-pyrrole nitrogens is 2. The van der Waals surface area contributed by atoms with Gasteiger partial charge in [-0.3, -0.25) is 9.55 Å². The van der Waals surface area contributed by atoms with Crippen LogP contribution in [-0.4, -0.2) is 50.4 Å². The molecule has 4 aromatic rings. The van der Waals surface area contributed by atoms with Crippen LogP contribution < -0.4 is 5.69 Å². The maximum absolute atomic E-state index is 12.4. The zero-order chi connectivity index (χ0) is 18.4. The van der Waals surface area contributed by atoms with Gasteiger partial charge in [-0.25, -0.2) is 14.8 Å². The van der Waals surface area contributed by atoms with E-state index in [0.717, 1.165) is 22.2 Å². The molecule has 5 heterocycles. The molecule has 4 aromatic heterocycles. The predicted octanol–water partition coefficient (Wildman–Crippen LogP) is 2.34. The Bertz CT molecular complexity index is 1190. The van der Waals surface area contributed by atoms with E-state index in [0.29, 0.717) is 42.6 Å². The summed E-state index contributed by atoms with van der Waals surface area (Å²) in [5.74, 6) is 0. The van der Waals surface area contributed by atoms with Gasteiger partial charge in [-0.2, -0.15) is 0 Å². The summed E-state index contributed by atoms with van der Waals surface area (Å²) in [6.45, 7) is 2.00. The molecule has 0 aliphatic carbocycles. The van der Waals surface area contributed by atoms with Gasteiger partial charge in [0.25, 0.3) is 0 Å². The van der Waals surface area contributed by atoms with Gasteiger partial charge in [0.05, 0.1) is 43.0 Å². The smallest absolute Gasteiger partial charge is 0.327 e. The molecule has 0 spiro atoms. The molecule has 9 heteroatoms. The Kier molecular flexibility index (Phi) is 3.96. The van der Waals surface area contributed by atoms with Crippen molar-refractivity contribution in [2.45, 2.75) is 12.6 Å². The molecule has 1 aliphatic rings. The summed E-state index contributed by atoms with van der Waals surface area (Å²) in [6.07, 6.45) is 5.02. The lowest BCUT2D eigenvalue weighted by atomic mass is 10.1.